The van der Waals surface area contributed by atoms with Crippen LogP contribution in [0.2, 0.25) is 0 Å². The Morgan fingerprint density at radius 2 is 2.00 bits per heavy atom. The summed E-state index contributed by atoms with van der Waals surface area (Å²) < 4.78 is 0. The average molecular weight is 158 g/mol. The predicted molar refractivity (Wildman–Crippen MR) is 41.4 cm³/mol. The molecule has 0 bridgehead atoms. The van der Waals surface area contributed by atoms with E-state index in [2.05, 4.69) is 5.16 Å². The third kappa shape index (κ3) is 1.83. The van der Waals surface area contributed by atoms with E-state index in [1.807, 2.05) is 0 Å². The molecular weight excluding hydrogens is 144 g/mol. The zero-order chi connectivity index (χ0) is 8.27. The van der Waals surface area contributed by atoms with Crippen molar-refractivity contribution >= 4 is 5.84 Å². The second-order valence-corrected chi connectivity index (χ2v) is 2.98. The predicted octanol–water partition coefficient (Wildman–Crippen LogP) is 0.284. The zero-order valence-corrected chi connectivity index (χ0v) is 6.40. The Morgan fingerprint density at radius 3 is 2.55 bits per heavy atom. The smallest absolute Gasteiger partial charge is 0.144 e. The van der Waals surface area contributed by atoms with Gasteiger partial charge in [-0.15, -0.1) is 0 Å². The van der Waals surface area contributed by atoms with Crippen molar-refractivity contribution in [1.82, 2.24) is 0 Å². The van der Waals surface area contributed by atoms with Gasteiger partial charge in [-0.1, -0.05) is 18.0 Å². The maximum Gasteiger partial charge on any atom is 0.144 e. The van der Waals surface area contributed by atoms with Crippen molar-refractivity contribution in [1.29, 1.82) is 0 Å². The van der Waals surface area contributed by atoms with Crippen LogP contribution in [0.4, 0.5) is 0 Å². The molecule has 4 N–H and O–H groups in total. The second-order valence-electron chi connectivity index (χ2n) is 2.98. The number of hydrogen-bond acceptors (Lipinski definition) is 3. The molecule has 1 rings (SSSR count). The average Bonchev–Trinajstić information content (AvgIpc) is 2.04. The van der Waals surface area contributed by atoms with E-state index >= 15 is 0 Å². The van der Waals surface area contributed by atoms with E-state index in [9.17, 15) is 5.11 Å². The molecule has 64 valence electrons. The quantitative estimate of drug-likeness (QED) is 0.222. The van der Waals surface area contributed by atoms with Crippen LogP contribution in [-0.4, -0.2) is 22.3 Å². The lowest BCUT2D eigenvalue weighted by Crippen LogP contribution is -2.35. The molecule has 0 saturated heterocycles. The lowest BCUT2D eigenvalue weighted by molar-refractivity contribution is 0.0988. The summed E-state index contributed by atoms with van der Waals surface area (Å²) in [6.07, 6.45) is 3.27. The number of nitrogens with two attached hydrogens (primary N) is 1. The number of oxime groups is 1. The molecule has 2 unspecified atom stereocenters. The molecule has 1 aliphatic rings. The van der Waals surface area contributed by atoms with Gasteiger partial charge in [0.05, 0.1) is 6.10 Å². The maximum atomic E-state index is 9.40. The first-order valence-electron chi connectivity index (χ1n) is 3.91. The minimum atomic E-state index is -0.417. The van der Waals surface area contributed by atoms with Crippen molar-refractivity contribution in [3.05, 3.63) is 0 Å². The van der Waals surface area contributed by atoms with Gasteiger partial charge in [0.1, 0.15) is 5.84 Å². The molecule has 1 fully saturated rings. The third-order valence-corrected chi connectivity index (χ3v) is 2.22. The largest absolute Gasteiger partial charge is 0.409 e. The molecule has 0 aromatic rings. The highest BCUT2D eigenvalue weighted by atomic mass is 16.4. The van der Waals surface area contributed by atoms with Crippen LogP contribution in [0.3, 0.4) is 0 Å². The van der Waals surface area contributed by atoms with Crippen molar-refractivity contribution < 1.29 is 10.3 Å². The van der Waals surface area contributed by atoms with Gasteiger partial charge in [-0.05, 0) is 12.8 Å². The number of aliphatic hydroxyl groups is 1. The summed E-state index contributed by atoms with van der Waals surface area (Å²) in [5.74, 6) is 0.0333. The second kappa shape index (κ2) is 3.57. The standard InChI is InChI=1S/C7H14N2O2/c8-7(9-11)5-3-1-2-4-6(5)10/h5-6,10-11H,1-4H2,(H2,8,9). The molecule has 4 nitrogen and oxygen atoms in total. The third-order valence-electron chi connectivity index (χ3n) is 2.22. The van der Waals surface area contributed by atoms with Crippen molar-refractivity contribution in [3.8, 4) is 0 Å². The fraction of sp³-hybridized carbons (Fsp3) is 0.857. The lowest BCUT2D eigenvalue weighted by atomic mass is 9.86. The number of nitrogens with zero attached hydrogens (tertiary/aromatic N) is 1. The molecule has 0 spiro atoms. The van der Waals surface area contributed by atoms with E-state index in [-0.39, 0.29) is 11.8 Å². The highest BCUT2D eigenvalue weighted by Crippen LogP contribution is 2.24. The van der Waals surface area contributed by atoms with E-state index in [4.69, 9.17) is 10.9 Å². The molecule has 11 heavy (non-hydrogen) atoms. The minimum Gasteiger partial charge on any atom is -0.409 e. The van der Waals surface area contributed by atoms with Crippen LogP contribution in [0.5, 0.6) is 0 Å². The number of aliphatic hydroxyl groups excluding tert-OH is 1. The van der Waals surface area contributed by atoms with Crippen LogP contribution in [0.15, 0.2) is 5.16 Å². The molecule has 1 aliphatic carbocycles. The maximum absolute atomic E-state index is 9.40. The summed E-state index contributed by atoms with van der Waals surface area (Å²) in [7, 11) is 0. The van der Waals surface area contributed by atoms with Crippen LogP contribution in [0.25, 0.3) is 0 Å². The Bertz CT molecular complexity index is 159. The van der Waals surface area contributed by atoms with Gasteiger partial charge in [-0.25, -0.2) is 0 Å². The molecule has 0 heterocycles. The van der Waals surface area contributed by atoms with Gasteiger partial charge < -0.3 is 16.0 Å². The molecule has 0 radical (unpaired) electrons. The van der Waals surface area contributed by atoms with Gasteiger partial charge in [-0.2, -0.15) is 0 Å². The summed E-state index contributed by atoms with van der Waals surface area (Å²) >= 11 is 0. The first-order valence-corrected chi connectivity index (χ1v) is 3.91. The van der Waals surface area contributed by atoms with Gasteiger partial charge in [0, 0.05) is 5.92 Å². The zero-order valence-electron chi connectivity index (χ0n) is 6.40. The molecule has 0 aliphatic heterocycles. The number of rotatable bonds is 1. The van der Waals surface area contributed by atoms with Crippen molar-refractivity contribution in [2.24, 2.45) is 16.8 Å². The van der Waals surface area contributed by atoms with E-state index in [1.165, 1.54) is 0 Å². The van der Waals surface area contributed by atoms with Gasteiger partial charge in [0.2, 0.25) is 0 Å². The Morgan fingerprint density at radius 1 is 1.36 bits per heavy atom. The summed E-state index contributed by atoms with van der Waals surface area (Å²) in [5.41, 5.74) is 5.38. The van der Waals surface area contributed by atoms with Crippen LogP contribution in [0, 0.1) is 5.92 Å². The normalized spacial score (nSPS) is 33.7. The molecular formula is C7H14N2O2. The molecule has 4 heteroatoms. The molecule has 0 aromatic carbocycles. The summed E-state index contributed by atoms with van der Waals surface area (Å²) in [6, 6.07) is 0. The Labute approximate surface area is 65.7 Å². The summed E-state index contributed by atoms with van der Waals surface area (Å²) in [4.78, 5) is 0. The fourth-order valence-electron chi connectivity index (χ4n) is 1.53. The van der Waals surface area contributed by atoms with Gasteiger partial charge in [0.15, 0.2) is 0 Å². The Hall–Kier alpha value is -0.770. The van der Waals surface area contributed by atoms with E-state index in [1.54, 1.807) is 0 Å². The van der Waals surface area contributed by atoms with Crippen LogP contribution >= 0.6 is 0 Å². The SMILES string of the molecule is NC(=NO)C1CCCCC1O. The lowest BCUT2D eigenvalue weighted by Gasteiger charge is -2.25. The van der Waals surface area contributed by atoms with Crippen LogP contribution in [-0.2, 0) is 0 Å². The Kier molecular flexibility index (Phi) is 2.70. The first-order chi connectivity index (χ1) is 5.25. The number of hydrogen-bond donors (Lipinski definition) is 3. The highest BCUT2D eigenvalue weighted by molar-refractivity contribution is 5.82. The summed E-state index contributed by atoms with van der Waals surface area (Å²) in [5, 5.41) is 20.7. The van der Waals surface area contributed by atoms with Gasteiger partial charge >= 0.3 is 0 Å². The summed E-state index contributed by atoms with van der Waals surface area (Å²) in [6.45, 7) is 0. The van der Waals surface area contributed by atoms with E-state index in [0.29, 0.717) is 0 Å². The van der Waals surface area contributed by atoms with Crippen molar-refractivity contribution in [2.45, 2.75) is 31.8 Å². The van der Waals surface area contributed by atoms with Crippen molar-refractivity contribution in [2.75, 3.05) is 0 Å². The van der Waals surface area contributed by atoms with Crippen LogP contribution < -0.4 is 5.73 Å². The topological polar surface area (TPSA) is 78.8 Å². The van der Waals surface area contributed by atoms with Crippen molar-refractivity contribution in [3.63, 3.8) is 0 Å². The van der Waals surface area contributed by atoms with E-state index < -0.39 is 6.10 Å². The Balaban J connectivity index is 2.54. The highest BCUT2D eigenvalue weighted by Gasteiger charge is 2.26. The molecule has 0 aromatic heterocycles. The monoisotopic (exact) mass is 158 g/mol. The van der Waals surface area contributed by atoms with E-state index in [0.717, 1.165) is 25.7 Å². The molecule has 2 atom stereocenters. The van der Waals surface area contributed by atoms with Crippen LogP contribution in [0.1, 0.15) is 25.7 Å². The molecule has 1 saturated carbocycles. The minimum absolute atomic E-state index is 0.131. The first kappa shape index (κ1) is 8.33. The van der Waals surface area contributed by atoms with Gasteiger partial charge in [-0.3, -0.25) is 0 Å². The van der Waals surface area contributed by atoms with Gasteiger partial charge in [0.25, 0.3) is 0 Å². The molecule has 0 amide bonds. The number of amidine groups is 1. The fourth-order valence-corrected chi connectivity index (χ4v) is 1.53.